The van der Waals surface area contributed by atoms with Crippen LogP contribution in [-0.4, -0.2) is 57.4 Å². The highest BCUT2D eigenvalue weighted by Crippen LogP contribution is 2.29. The zero-order valence-electron chi connectivity index (χ0n) is 20.7. The van der Waals surface area contributed by atoms with E-state index in [1.807, 2.05) is 28.8 Å². The number of carbonyl (C=O) groups excluding carboxylic acids is 2. The third kappa shape index (κ3) is 5.31. The van der Waals surface area contributed by atoms with Crippen LogP contribution in [0.15, 0.2) is 55.1 Å². The smallest absolute Gasteiger partial charge is 0.414 e. The van der Waals surface area contributed by atoms with Crippen LogP contribution in [0.2, 0.25) is 0 Å². The fourth-order valence-electron chi connectivity index (χ4n) is 4.45. The van der Waals surface area contributed by atoms with Crippen molar-refractivity contribution in [1.29, 1.82) is 0 Å². The number of rotatable bonds is 9. The second kappa shape index (κ2) is 10.9. The minimum atomic E-state index is -0.580. The van der Waals surface area contributed by atoms with Crippen molar-refractivity contribution in [2.75, 3.05) is 24.7 Å². The molecule has 0 spiro atoms. The number of carbonyl (C=O) groups is 2. The quantitative estimate of drug-likeness (QED) is 0.357. The first-order chi connectivity index (χ1) is 18.4. The van der Waals surface area contributed by atoms with Gasteiger partial charge in [0.2, 0.25) is 5.91 Å². The van der Waals surface area contributed by atoms with Crippen LogP contribution in [0.4, 0.5) is 19.3 Å². The number of nitrogens with zero attached hydrogens (tertiary/aromatic N) is 5. The molecule has 2 amide bonds. The van der Waals surface area contributed by atoms with Crippen LogP contribution in [0.3, 0.4) is 0 Å². The Morgan fingerprint density at radius 3 is 2.71 bits per heavy atom. The van der Waals surface area contributed by atoms with E-state index in [0.717, 1.165) is 11.3 Å². The SMILES string of the molecule is CC(=O)NC[C@H]1CN(c2ccc(-c3ccc(Cn4cnc5c(CCCF)ncnc54)cc3)c(F)c2)C(=O)O1. The van der Waals surface area contributed by atoms with E-state index >= 15 is 4.39 Å². The van der Waals surface area contributed by atoms with Gasteiger partial charge in [-0.3, -0.25) is 14.1 Å². The molecule has 0 radical (unpaired) electrons. The summed E-state index contributed by atoms with van der Waals surface area (Å²) in [6, 6.07) is 12.1. The van der Waals surface area contributed by atoms with E-state index < -0.39 is 24.7 Å². The first kappa shape index (κ1) is 25.2. The summed E-state index contributed by atoms with van der Waals surface area (Å²) < 4.78 is 34.8. The Morgan fingerprint density at radius 1 is 1.16 bits per heavy atom. The van der Waals surface area contributed by atoms with Crippen LogP contribution in [-0.2, 0) is 22.5 Å². The number of cyclic esters (lactones) is 1. The highest BCUT2D eigenvalue weighted by Gasteiger charge is 2.32. The van der Waals surface area contributed by atoms with E-state index in [4.69, 9.17) is 4.74 Å². The molecule has 3 heterocycles. The van der Waals surface area contributed by atoms with Gasteiger partial charge in [0.25, 0.3) is 0 Å². The minimum absolute atomic E-state index is 0.201. The van der Waals surface area contributed by atoms with Gasteiger partial charge < -0.3 is 14.6 Å². The number of benzene rings is 2. The van der Waals surface area contributed by atoms with Crippen LogP contribution in [0.1, 0.15) is 24.6 Å². The zero-order valence-corrected chi connectivity index (χ0v) is 20.7. The van der Waals surface area contributed by atoms with Crippen molar-refractivity contribution >= 4 is 28.9 Å². The predicted molar refractivity (Wildman–Crippen MR) is 137 cm³/mol. The lowest BCUT2D eigenvalue weighted by Gasteiger charge is -2.15. The largest absolute Gasteiger partial charge is 0.442 e. The average molecular weight is 521 g/mol. The second-order valence-corrected chi connectivity index (χ2v) is 9.07. The average Bonchev–Trinajstić information content (AvgIpc) is 3.50. The summed E-state index contributed by atoms with van der Waals surface area (Å²) in [5, 5.41) is 2.62. The van der Waals surface area contributed by atoms with Crippen molar-refractivity contribution in [3.63, 3.8) is 0 Å². The van der Waals surface area contributed by atoms with Crippen LogP contribution >= 0.6 is 0 Å². The van der Waals surface area contributed by atoms with Gasteiger partial charge in [0.1, 0.15) is 23.8 Å². The molecule has 11 heteroatoms. The molecule has 9 nitrogen and oxygen atoms in total. The fraction of sp³-hybridized carbons (Fsp3) is 0.296. The maximum Gasteiger partial charge on any atom is 0.414 e. The zero-order chi connectivity index (χ0) is 26.6. The molecule has 0 bridgehead atoms. The normalized spacial score (nSPS) is 15.2. The molecule has 5 rings (SSSR count). The van der Waals surface area contributed by atoms with E-state index in [1.165, 1.54) is 24.2 Å². The molecule has 0 aliphatic carbocycles. The molecule has 2 aromatic heterocycles. The van der Waals surface area contributed by atoms with Crippen LogP contribution in [0, 0.1) is 5.82 Å². The number of ether oxygens (including phenoxy) is 1. The van der Waals surface area contributed by atoms with Gasteiger partial charge in [-0.25, -0.2) is 24.1 Å². The molecule has 1 aliphatic heterocycles. The molecule has 1 atom stereocenters. The molecular formula is C27H26F2N6O3. The number of anilines is 1. The number of hydrogen-bond acceptors (Lipinski definition) is 6. The molecule has 0 saturated carbocycles. The van der Waals surface area contributed by atoms with Crippen LogP contribution < -0.4 is 10.2 Å². The van der Waals surface area contributed by atoms with Gasteiger partial charge in [-0.2, -0.15) is 0 Å². The lowest BCUT2D eigenvalue weighted by molar-refractivity contribution is -0.119. The Hall–Kier alpha value is -4.41. The third-order valence-electron chi connectivity index (χ3n) is 6.36. The van der Waals surface area contributed by atoms with Gasteiger partial charge in [-0.15, -0.1) is 0 Å². The summed E-state index contributed by atoms with van der Waals surface area (Å²) in [5.74, 6) is -0.681. The monoisotopic (exact) mass is 520 g/mol. The number of nitrogens with one attached hydrogen (secondary N) is 1. The fourth-order valence-corrected chi connectivity index (χ4v) is 4.45. The first-order valence-electron chi connectivity index (χ1n) is 12.2. The van der Waals surface area contributed by atoms with E-state index in [-0.39, 0.29) is 19.0 Å². The molecule has 1 saturated heterocycles. The van der Waals surface area contributed by atoms with E-state index in [1.54, 1.807) is 18.5 Å². The topological polar surface area (TPSA) is 102 Å². The Labute approximate surface area is 217 Å². The lowest BCUT2D eigenvalue weighted by atomic mass is 10.0. The van der Waals surface area contributed by atoms with Crippen molar-refractivity contribution < 1.29 is 23.1 Å². The Bertz CT molecular complexity index is 1470. The predicted octanol–water partition coefficient (Wildman–Crippen LogP) is 4.04. The number of halogens is 2. The highest BCUT2D eigenvalue weighted by molar-refractivity contribution is 5.90. The van der Waals surface area contributed by atoms with Crippen molar-refractivity contribution in [2.24, 2.45) is 0 Å². The van der Waals surface area contributed by atoms with Gasteiger partial charge in [0.15, 0.2) is 5.65 Å². The molecule has 1 aliphatic rings. The molecular weight excluding hydrogens is 494 g/mol. The Morgan fingerprint density at radius 2 is 1.97 bits per heavy atom. The molecule has 4 aromatic rings. The molecule has 0 unspecified atom stereocenters. The molecule has 2 aromatic carbocycles. The summed E-state index contributed by atoms with van der Waals surface area (Å²) in [5.41, 5.74) is 4.53. The third-order valence-corrected chi connectivity index (χ3v) is 6.36. The number of imidazole rings is 1. The maximum absolute atomic E-state index is 15.1. The van der Waals surface area contributed by atoms with E-state index in [0.29, 0.717) is 47.4 Å². The number of hydrogen-bond donors (Lipinski definition) is 1. The van der Waals surface area contributed by atoms with Crippen LogP contribution in [0.25, 0.3) is 22.3 Å². The minimum Gasteiger partial charge on any atom is -0.442 e. The number of aryl methyl sites for hydroxylation is 1. The summed E-state index contributed by atoms with van der Waals surface area (Å²) in [7, 11) is 0. The van der Waals surface area contributed by atoms with Gasteiger partial charge >= 0.3 is 6.09 Å². The van der Waals surface area contributed by atoms with Crippen molar-refractivity contribution in [2.45, 2.75) is 32.4 Å². The van der Waals surface area contributed by atoms with Gasteiger partial charge in [0, 0.05) is 12.5 Å². The lowest BCUT2D eigenvalue weighted by Crippen LogP contribution is -2.33. The van der Waals surface area contributed by atoms with Crippen molar-refractivity contribution in [1.82, 2.24) is 24.8 Å². The van der Waals surface area contributed by atoms with Gasteiger partial charge in [-0.05, 0) is 42.2 Å². The van der Waals surface area contributed by atoms with Gasteiger partial charge in [0.05, 0.1) is 44.0 Å². The van der Waals surface area contributed by atoms with Crippen molar-refractivity contribution in [3.8, 4) is 11.1 Å². The van der Waals surface area contributed by atoms with Gasteiger partial charge in [-0.1, -0.05) is 24.3 Å². The molecule has 1 fully saturated rings. The first-order valence-corrected chi connectivity index (χ1v) is 12.2. The molecule has 38 heavy (non-hydrogen) atoms. The van der Waals surface area contributed by atoms with E-state index in [9.17, 15) is 14.0 Å². The highest BCUT2D eigenvalue weighted by atomic mass is 19.1. The van der Waals surface area contributed by atoms with Crippen LogP contribution in [0.5, 0.6) is 0 Å². The number of amides is 2. The molecule has 196 valence electrons. The number of fused-ring (bicyclic) bond motifs is 1. The summed E-state index contributed by atoms with van der Waals surface area (Å²) >= 11 is 0. The number of aromatic nitrogens is 4. The summed E-state index contributed by atoms with van der Waals surface area (Å²) in [6.45, 7) is 1.91. The summed E-state index contributed by atoms with van der Waals surface area (Å²) in [4.78, 5) is 37.7. The summed E-state index contributed by atoms with van der Waals surface area (Å²) in [6.07, 6.45) is 2.97. The standard InChI is InChI=1S/C27H26F2N6O3/c1-17(36)30-12-21-14-35(27(37)38-21)20-8-9-22(23(29)11-20)19-6-4-18(5-7-19)13-34-16-33-25-24(3-2-10-28)31-15-32-26(25)34/h4-9,11,15-16,21H,2-3,10,12-14H2,1H3,(H,30,36)/t21-/m0/s1. The molecule has 1 N–H and O–H groups in total. The Balaban J connectivity index is 1.28. The van der Waals surface area contributed by atoms with E-state index in [2.05, 4.69) is 20.3 Å². The maximum atomic E-state index is 15.1. The number of alkyl halides is 1. The Kier molecular flexibility index (Phi) is 7.25. The van der Waals surface area contributed by atoms with Crippen molar-refractivity contribution in [3.05, 3.63) is 72.2 Å². The second-order valence-electron chi connectivity index (χ2n) is 9.07.